The predicted molar refractivity (Wildman–Crippen MR) is 116 cm³/mol. The average Bonchev–Trinajstić information content (AvgIpc) is 3.22. The smallest absolute Gasteiger partial charge is 0.338 e. The van der Waals surface area contributed by atoms with Gasteiger partial charge in [0.2, 0.25) is 15.9 Å². The molecule has 32 heavy (non-hydrogen) atoms. The van der Waals surface area contributed by atoms with Crippen molar-refractivity contribution in [3.63, 3.8) is 0 Å². The molecule has 1 aliphatic rings. The number of amides is 2. The van der Waals surface area contributed by atoms with Gasteiger partial charge in [0.25, 0.3) is 5.91 Å². The van der Waals surface area contributed by atoms with E-state index < -0.39 is 34.0 Å². The summed E-state index contributed by atoms with van der Waals surface area (Å²) in [5, 5.41) is 2.74. The standard InChI is InChI=1S/C21H31N3O7S/c1-21(2,3)23-18(25)13-24(4)19(26)14-31-20(27)15-7-9-17(10-8-15)32(28,29)22-12-16-6-5-11-30-16/h7-10,16,22H,5-6,11-14H2,1-4H3,(H,23,25). The third-order valence-corrected chi connectivity index (χ3v) is 6.01. The lowest BCUT2D eigenvalue weighted by Crippen LogP contribution is -2.46. The molecule has 0 bridgehead atoms. The molecule has 2 rings (SSSR count). The molecule has 2 N–H and O–H groups in total. The maximum Gasteiger partial charge on any atom is 0.338 e. The summed E-state index contributed by atoms with van der Waals surface area (Å²) in [4.78, 5) is 37.4. The summed E-state index contributed by atoms with van der Waals surface area (Å²) in [7, 11) is -2.30. The molecule has 1 atom stereocenters. The van der Waals surface area contributed by atoms with Crippen LogP contribution in [0.25, 0.3) is 0 Å². The summed E-state index contributed by atoms with van der Waals surface area (Å²) in [6.07, 6.45) is 1.59. The summed E-state index contributed by atoms with van der Waals surface area (Å²) >= 11 is 0. The SMILES string of the molecule is CN(CC(=O)NC(C)(C)C)C(=O)COC(=O)c1ccc(S(=O)(=O)NCC2CCCO2)cc1. The largest absolute Gasteiger partial charge is 0.452 e. The van der Waals surface area contributed by atoms with Gasteiger partial charge in [-0.25, -0.2) is 17.9 Å². The minimum absolute atomic E-state index is 0.00715. The number of hydrogen-bond acceptors (Lipinski definition) is 7. The molecule has 1 saturated heterocycles. The van der Waals surface area contributed by atoms with Gasteiger partial charge in [0.15, 0.2) is 6.61 Å². The van der Waals surface area contributed by atoms with Gasteiger partial charge >= 0.3 is 5.97 Å². The first-order chi connectivity index (χ1) is 14.9. The second-order valence-corrected chi connectivity index (χ2v) is 10.4. The Morgan fingerprint density at radius 1 is 1.19 bits per heavy atom. The molecule has 178 valence electrons. The summed E-state index contributed by atoms with van der Waals surface area (Å²) in [5.74, 6) is -1.65. The molecule has 0 spiro atoms. The van der Waals surface area contributed by atoms with Gasteiger partial charge in [0.05, 0.1) is 23.1 Å². The van der Waals surface area contributed by atoms with Crippen LogP contribution in [0.4, 0.5) is 0 Å². The van der Waals surface area contributed by atoms with E-state index in [4.69, 9.17) is 9.47 Å². The summed E-state index contributed by atoms with van der Waals surface area (Å²) in [6, 6.07) is 5.21. The highest BCUT2D eigenvalue weighted by Crippen LogP contribution is 2.14. The number of rotatable bonds is 9. The fraction of sp³-hybridized carbons (Fsp3) is 0.571. The summed E-state index contributed by atoms with van der Waals surface area (Å²) < 4.78 is 37.6. The van der Waals surface area contributed by atoms with Crippen LogP contribution < -0.4 is 10.0 Å². The van der Waals surface area contributed by atoms with E-state index >= 15 is 0 Å². The van der Waals surface area contributed by atoms with Crippen LogP contribution >= 0.6 is 0 Å². The van der Waals surface area contributed by atoms with E-state index in [1.165, 1.54) is 31.3 Å². The highest BCUT2D eigenvalue weighted by atomic mass is 32.2. The topological polar surface area (TPSA) is 131 Å². The van der Waals surface area contributed by atoms with E-state index in [1.54, 1.807) is 0 Å². The van der Waals surface area contributed by atoms with E-state index in [9.17, 15) is 22.8 Å². The fourth-order valence-corrected chi connectivity index (χ4v) is 4.01. The summed E-state index contributed by atoms with van der Waals surface area (Å²) in [6.45, 7) is 5.59. The van der Waals surface area contributed by atoms with Gasteiger partial charge in [-0.05, 0) is 57.9 Å². The molecule has 2 amide bonds. The number of nitrogens with one attached hydrogen (secondary N) is 2. The van der Waals surface area contributed by atoms with Crippen molar-refractivity contribution in [3.05, 3.63) is 29.8 Å². The van der Waals surface area contributed by atoms with E-state index in [2.05, 4.69) is 10.0 Å². The van der Waals surface area contributed by atoms with E-state index in [-0.39, 0.29) is 35.6 Å². The number of benzene rings is 1. The van der Waals surface area contributed by atoms with Crippen LogP contribution in [-0.4, -0.2) is 76.1 Å². The van der Waals surface area contributed by atoms with Gasteiger partial charge in [-0.1, -0.05) is 0 Å². The molecule has 0 aromatic heterocycles. The number of carbonyl (C=O) groups is 3. The Labute approximate surface area is 188 Å². The Kier molecular flexibility index (Phi) is 8.76. The van der Waals surface area contributed by atoms with Crippen molar-refractivity contribution in [2.75, 3.05) is 33.4 Å². The number of likely N-dealkylation sites (N-methyl/N-ethyl adjacent to an activating group) is 1. The zero-order valence-electron chi connectivity index (χ0n) is 18.8. The molecule has 1 aromatic rings. The van der Waals surface area contributed by atoms with Crippen molar-refractivity contribution < 1.29 is 32.3 Å². The summed E-state index contributed by atoms with van der Waals surface area (Å²) in [5.41, 5.74) is -0.323. The first-order valence-electron chi connectivity index (χ1n) is 10.3. The lowest BCUT2D eigenvalue weighted by Gasteiger charge is -2.23. The monoisotopic (exact) mass is 469 g/mol. The molecule has 1 aliphatic heterocycles. The predicted octanol–water partition coefficient (Wildman–Crippen LogP) is 0.674. The Hall–Kier alpha value is -2.50. The maximum absolute atomic E-state index is 12.4. The van der Waals surface area contributed by atoms with Crippen molar-refractivity contribution in [1.82, 2.24) is 14.9 Å². The zero-order valence-corrected chi connectivity index (χ0v) is 19.7. The third kappa shape index (κ3) is 8.21. The molecule has 0 radical (unpaired) electrons. The molecule has 1 aromatic carbocycles. The minimum atomic E-state index is -3.73. The van der Waals surface area contributed by atoms with Gasteiger partial charge in [-0.3, -0.25) is 9.59 Å². The van der Waals surface area contributed by atoms with Gasteiger partial charge < -0.3 is 19.7 Å². The van der Waals surface area contributed by atoms with Crippen LogP contribution in [0, 0.1) is 0 Å². The number of ether oxygens (including phenoxy) is 2. The van der Waals surface area contributed by atoms with E-state index in [0.717, 1.165) is 17.7 Å². The van der Waals surface area contributed by atoms with Crippen LogP contribution in [0.15, 0.2) is 29.2 Å². The Morgan fingerprint density at radius 2 is 1.84 bits per heavy atom. The number of nitrogens with zero attached hydrogens (tertiary/aromatic N) is 1. The highest BCUT2D eigenvalue weighted by molar-refractivity contribution is 7.89. The first-order valence-corrected chi connectivity index (χ1v) is 11.8. The van der Waals surface area contributed by atoms with Crippen molar-refractivity contribution in [2.24, 2.45) is 0 Å². The Balaban J connectivity index is 1.84. The van der Waals surface area contributed by atoms with Gasteiger partial charge in [0.1, 0.15) is 0 Å². The van der Waals surface area contributed by atoms with Crippen LogP contribution in [0.2, 0.25) is 0 Å². The van der Waals surface area contributed by atoms with E-state index in [0.29, 0.717) is 6.61 Å². The van der Waals surface area contributed by atoms with Crippen molar-refractivity contribution >= 4 is 27.8 Å². The molecule has 0 saturated carbocycles. The number of sulfonamides is 1. The fourth-order valence-electron chi connectivity index (χ4n) is 2.94. The van der Waals surface area contributed by atoms with Crippen LogP contribution in [-0.2, 0) is 29.1 Å². The molecule has 1 unspecified atom stereocenters. The molecule has 1 fully saturated rings. The van der Waals surface area contributed by atoms with E-state index in [1.807, 2.05) is 20.8 Å². The molecular formula is C21H31N3O7S. The average molecular weight is 470 g/mol. The minimum Gasteiger partial charge on any atom is -0.452 e. The Bertz CT molecular complexity index is 918. The lowest BCUT2D eigenvalue weighted by molar-refractivity contribution is -0.137. The van der Waals surface area contributed by atoms with Crippen molar-refractivity contribution in [2.45, 2.75) is 50.2 Å². The molecule has 10 nitrogen and oxygen atoms in total. The second-order valence-electron chi connectivity index (χ2n) is 8.64. The molecule has 11 heteroatoms. The van der Waals surface area contributed by atoms with Gasteiger partial charge in [0, 0.05) is 25.7 Å². The van der Waals surface area contributed by atoms with Crippen molar-refractivity contribution in [3.8, 4) is 0 Å². The highest BCUT2D eigenvalue weighted by Gasteiger charge is 2.22. The number of carbonyl (C=O) groups excluding carboxylic acids is 3. The van der Waals surface area contributed by atoms with Crippen molar-refractivity contribution in [1.29, 1.82) is 0 Å². The number of esters is 1. The van der Waals surface area contributed by atoms with Crippen LogP contribution in [0.5, 0.6) is 0 Å². The Morgan fingerprint density at radius 3 is 2.41 bits per heavy atom. The third-order valence-electron chi connectivity index (χ3n) is 4.57. The quantitative estimate of drug-likeness (QED) is 0.508. The van der Waals surface area contributed by atoms with Gasteiger partial charge in [-0.2, -0.15) is 0 Å². The normalized spacial score (nSPS) is 16.4. The molecular weight excluding hydrogens is 438 g/mol. The van der Waals surface area contributed by atoms with Crippen LogP contribution in [0.1, 0.15) is 44.0 Å². The second kappa shape index (κ2) is 10.9. The number of hydrogen-bond donors (Lipinski definition) is 2. The molecule has 1 heterocycles. The first kappa shape index (κ1) is 25.8. The zero-order chi connectivity index (χ0) is 23.9. The lowest BCUT2D eigenvalue weighted by atomic mass is 10.1. The molecule has 0 aliphatic carbocycles. The maximum atomic E-state index is 12.4. The van der Waals surface area contributed by atoms with Crippen LogP contribution in [0.3, 0.4) is 0 Å². The van der Waals surface area contributed by atoms with Gasteiger partial charge in [-0.15, -0.1) is 0 Å².